The van der Waals surface area contributed by atoms with Gasteiger partial charge in [0.1, 0.15) is 5.82 Å². The van der Waals surface area contributed by atoms with Crippen LogP contribution in [-0.2, 0) is 5.41 Å². The Morgan fingerprint density at radius 1 is 1.44 bits per heavy atom. The normalized spacial score (nSPS) is 37.5. The molecule has 86 valence electrons. The SMILES string of the molecule is Cc1ccc(C23CN(C)C[C@@H]2[C@H]3C)cc1F. The van der Waals surface area contributed by atoms with Crippen molar-refractivity contribution in [3.05, 3.63) is 35.1 Å². The van der Waals surface area contributed by atoms with Gasteiger partial charge in [0.25, 0.3) is 0 Å². The number of likely N-dealkylation sites (N-methyl/N-ethyl adjacent to an activating group) is 1. The second kappa shape index (κ2) is 3.07. The van der Waals surface area contributed by atoms with Gasteiger partial charge in [0.15, 0.2) is 0 Å². The lowest BCUT2D eigenvalue weighted by Gasteiger charge is -2.19. The number of rotatable bonds is 1. The first kappa shape index (κ1) is 10.3. The van der Waals surface area contributed by atoms with Crippen molar-refractivity contribution < 1.29 is 4.39 Å². The summed E-state index contributed by atoms with van der Waals surface area (Å²) < 4.78 is 13.6. The van der Waals surface area contributed by atoms with Crippen LogP contribution >= 0.6 is 0 Å². The molecule has 2 heteroatoms. The van der Waals surface area contributed by atoms with Gasteiger partial charge >= 0.3 is 0 Å². The Morgan fingerprint density at radius 3 is 2.81 bits per heavy atom. The fraction of sp³-hybridized carbons (Fsp3) is 0.571. The zero-order chi connectivity index (χ0) is 11.5. The van der Waals surface area contributed by atoms with Crippen molar-refractivity contribution in [1.82, 2.24) is 4.90 Å². The van der Waals surface area contributed by atoms with E-state index in [2.05, 4.69) is 24.9 Å². The van der Waals surface area contributed by atoms with Gasteiger partial charge in [-0.1, -0.05) is 19.1 Å². The zero-order valence-corrected chi connectivity index (χ0v) is 10.1. The summed E-state index contributed by atoms with van der Waals surface area (Å²) in [5.41, 5.74) is 2.21. The van der Waals surface area contributed by atoms with E-state index in [4.69, 9.17) is 0 Å². The Balaban J connectivity index is 2.01. The maximum absolute atomic E-state index is 13.6. The van der Waals surface area contributed by atoms with Crippen molar-refractivity contribution in [2.24, 2.45) is 11.8 Å². The number of benzene rings is 1. The van der Waals surface area contributed by atoms with Crippen LogP contribution in [0, 0.1) is 24.6 Å². The van der Waals surface area contributed by atoms with Gasteiger partial charge < -0.3 is 4.90 Å². The smallest absolute Gasteiger partial charge is 0.126 e. The molecule has 3 rings (SSSR count). The highest BCUT2D eigenvalue weighted by Crippen LogP contribution is 2.63. The number of halogens is 1. The summed E-state index contributed by atoms with van der Waals surface area (Å²) >= 11 is 0. The molecule has 1 unspecified atom stereocenters. The van der Waals surface area contributed by atoms with Crippen LogP contribution in [0.15, 0.2) is 18.2 Å². The van der Waals surface area contributed by atoms with E-state index >= 15 is 0 Å². The van der Waals surface area contributed by atoms with Crippen LogP contribution < -0.4 is 0 Å². The van der Waals surface area contributed by atoms with E-state index in [1.165, 1.54) is 5.56 Å². The highest BCUT2D eigenvalue weighted by molar-refractivity contribution is 5.41. The molecule has 1 aromatic carbocycles. The van der Waals surface area contributed by atoms with Crippen LogP contribution in [-0.4, -0.2) is 25.0 Å². The predicted molar refractivity (Wildman–Crippen MR) is 63.0 cm³/mol. The first-order valence-electron chi connectivity index (χ1n) is 6.01. The molecule has 0 N–H and O–H groups in total. The van der Waals surface area contributed by atoms with Gasteiger partial charge in [-0.15, -0.1) is 0 Å². The van der Waals surface area contributed by atoms with E-state index in [-0.39, 0.29) is 11.2 Å². The molecule has 1 heterocycles. The number of aryl methyl sites for hydroxylation is 1. The molecule has 1 saturated carbocycles. The summed E-state index contributed by atoms with van der Waals surface area (Å²) in [5, 5.41) is 0. The first-order chi connectivity index (χ1) is 7.55. The molecule has 1 aliphatic heterocycles. The highest BCUT2D eigenvalue weighted by atomic mass is 19.1. The lowest BCUT2D eigenvalue weighted by molar-refractivity contribution is 0.338. The Bertz CT molecular complexity index is 442. The van der Waals surface area contributed by atoms with Gasteiger partial charge in [-0.25, -0.2) is 4.39 Å². The largest absolute Gasteiger partial charge is 0.305 e. The number of piperidine rings is 1. The second-order valence-electron chi connectivity index (χ2n) is 5.60. The Morgan fingerprint density at radius 2 is 2.19 bits per heavy atom. The molecule has 1 aromatic rings. The van der Waals surface area contributed by atoms with Crippen LogP contribution in [0.3, 0.4) is 0 Å². The topological polar surface area (TPSA) is 3.24 Å². The van der Waals surface area contributed by atoms with Crippen molar-refractivity contribution in [3.63, 3.8) is 0 Å². The van der Waals surface area contributed by atoms with E-state index in [1.807, 2.05) is 13.0 Å². The summed E-state index contributed by atoms with van der Waals surface area (Å²) in [4.78, 5) is 2.36. The van der Waals surface area contributed by atoms with Crippen molar-refractivity contribution >= 4 is 0 Å². The quantitative estimate of drug-likeness (QED) is 0.701. The van der Waals surface area contributed by atoms with Crippen molar-refractivity contribution in [1.29, 1.82) is 0 Å². The minimum Gasteiger partial charge on any atom is -0.305 e. The molecule has 1 nitrogen and oxygen atoms in total. The average Bonchev–Trinajstić information content (AvgIpc) is 2.65. The van der Waals surface area contributed by atoms with Crippen molar-refractivity contribution in [3.8, 4) is 0 Å². The summed E-state index contributed by atoms with van der Waals surface area (Å²) in [6.07, 6.45) is 0. The second-order valence-corrected chi connectivity index (χ2v) is 5.60. The van der Waals surface area contributed by atoms with Crippen LogP contribution in [0.2, 0.25) is 0 Å². The number of hydrogen-bond acceptors (Lipinski definition) is 1. The van der Waals surface area contributed by atoms with E-state index in [1.54, 1.807) is 6.07 Å². The third kappa shape index (κ3) is 1.14. The molecule has 0 bridgehead atoms. The molecule has 2 fully saturated rings. The summed E-state index contributed by atoms with van der Waals surface area (Å²) in [5.74, 6) is 1.39. The van der Waals surface area contributed by atoms with Gasteiger partial charge in [-0.05, 0) is 43.0 Å². The average molecular weight is 219 g/mol. The molecule has 0 aromatic heterocycles. The van der Waals surface area contributed by atoms with E-state index in [0.717, 1.165) is 24.6 Å². The van der Waals surface area contributed by atoms with Gasteiger partial charge in [-0.3, -0.25) is 0 Å². The van der Waals surface area contributed by atoms with Crippen molar-refractivity contribution in [2.75, 3.05) is 20.1 Å². The minimum atomic E-state index is -0.0562. The van der Waals surface area contributed by atoms with Gasteiger partial charge in [-0.2, -0.15) is 0 Å². The Kier molecular flexibility index (Phi) is 1.97. The summed E-state index contributed by atoms with van der Waals surface area (Å²) in [6, 6.07) is 5.79. The van der Waals surface area contributed by atoms with E-state index in [9.17, 15) is 4.39 Å². The van der Waals surface area contributed by atoms with Crippen LogP contribution in [0.5, 0.6) is 0 Å². The van der Waals surface area contributed by atoms with Gasteiger partial charge in [0, 0.05) is 18.5 Å². The summed E-state index contributed by atoms with van der Waals surface area (Å²) in [6.45, 7) is 6.37. The maximum Gasteiger partial charge on any atom is 0.126 e. The monoisotopic (exact) mass is 219 g/mol. The van der Waals surface area contributed by atoms with Crippen molar-refractivity contribution in [2.45, 2.75) is 19.3 Å². The standard InChI is InChI=1S/C14H18FN/c1-9-4-5-11(6-13(9)15)14-8-16(3)7-12(14)10(14)2/h4-6,10,12H,7-8H2,1-3H3/t10-,12-,14?/m1/s1. The van der Waals surface area contributed by atoms with Crippen LogP contribution in [0.25, 0.3) is 0 Å². The molecular weight excluding hydrogens is 201 g/mol. The maximum atomic E-state index is 13.6. The number of likely N-dealkylation sites (tertiary alicyclic amines) is 1. The molecule has 2 aliphatic rings. The minimum absolute atomic E-state index is 0.0562. The lowest BCUT2D eigenvalue weighted by atomic mass is 9.92. The molecule has 0 amide bonds. The first-order valence-corrected chi connectivity index (χ1v) is 6.01. The molecular formula is C14H18FN. The zero-order valence-electron chi connectivity index (χ0n) is 10.1. The van der Waals surface area contributed by atoms with Crippen LogP contribution in [0.1, 0.15) is 18.1 Å². The van der Waals surface area contributed by atoms with E-state index < -0.39 is 0 Å². The molecule has 1 saturated heterocycles. The lowest BCUT2D eigenvalue weighted by Crippen LogP contribution is -2.25. The highest BCUT2D eigenvalue weighted by Gasteiger charge is 2.66. The third-order valence-electron chi connectivity index (χ3n) is 4.72. The molecule has 3 atom stereocenters. The summed E-state index contributed by atoms with van der Waals surface area (Å²) in [7, 11) is 2.16. The number of hydrogen-bond donors (Lipinski definition) is 0. The van der Waals surface area contributed by atoms with E-state index in [0.29, 0.717) is 5.92 Å². The van der Waals surface area contributed by atoms with Gasteiger partial charge in [0.2, 0.25) is 0 Å². The molecule has 1 aliphatic carbocycles. The Hall–Kier alpha value is -0.890. The molecule has 0 radical (unpaired) electrons. The number of nitrogens with zero attached hydrogens (tertiary/aromatic N) is 1. The molecule has 16 heavy (non-hydrogen) atoms. The fourth-order valence-electron chi connectivity index (χ4n) is 3.61. The fourth-order valence-corrected chi connectivity index (χ4v) is 3.61. The van der Waals surface area contributed by atoms with Crippen LogP contribution in [0.4, 0.5) is 4.39 Å². The van der Waals surface area contributed by atoms with Gasteiger partial charge in [0.05, 0.1) is 0 Å². The third-order valence-corrected chi connectivity index (χ3v) is 4.72. The molecule has 0 spiro atoms. The Labute approximate surface area is 96.3 Å². The number of fused-ring (bicyclic) bond motifs is 1. The predicted octanol–water partition coefficient (Wildman–Crippen LogP) is 2.58.